The Kier molecular flexibility index (Phi) is 5.91. The number of aliphatic hydroxyl groups is 1. The van der Waals surface area contributed by atoms with Gasteiger partial charge in [0.25, 0.3) is 0 Å². The molecule has 3 nitrogen and oxygen atoms in total. The summed E-state index contributed by atoms with van der Waals surface area (Å²) in [6, 6.07) is 4.50. The minimum atomic E-state index is -0.420. The number of halogens is 1. The van der Waals surface area contributed by atoms with Crippen molar-refractivity contribution in [2.45, 2.75) is 52.2 Å². The molecular weight excluding hydrogens is 286 g/mol. The van der Waals surface area contributed by atoms with Crippen LogP contribution in [0.1, 0.15) is 37.3 Å². The molecule has 1 fully saturated rings. The summed E-state index contributed by atoms with van der Waals surface area (Å²) >= 11 is 6.15. The molecule has 0 radical (unpaired) electrons. The third-order valence-electron chi connectivity index (χ3n) is 4.43. The Bertz CT molecular complexity index is 455. The van der Waals surface area contributed by atoms with Crippen molar-refractivity contribution >= 4 is 11.6 Å². The minimum Gasteiger partial charge on any atom is -0.491 e. The summed E-state index contributed by atoms with van der Waals surface area (Å²) in [7, 11) is 0. The maximum absolute atomic E-state index is 10.2. The second-order valence-electron chi connectivity index (χ2n) is 6.35. The molecule has 118 valence electrons. The number of rotatable bonds is 5. The van der Waals surface area contributed by atoms with Crippen molar-refractivity contribution in [2.75, 3.05) is 19.7 Å². The quantitative estimate of drug-likeness (QED) is 0.873. The van der Waals surface area contributed by atoms with Gasteiger partial charge in [0.05, 0.1) is 12.6 Å². The number of ether oxygens (including phenoxy) is 1. The first-order valence-corrected chi connectivity index (χ1v) is 8.27. The summed E-state index contributed by atoms with van der Waals surface area (Å²) in [5.74, 6) is 0.787. The number of aryl methyl sites for hydroxylation is 2. The van der Waals surface area contributed by atoms with Crippen molar-refractivity contribution in [3.05, 3.63) is 28.3 Å². The van der Waals surface area contributed by atoms with Gasteiger partial charge in [-0.2, -0.15) is 0 Å². The van der Waals surface area contributed by atoms with Crippen molar-refractivity contribution in [1.82, 2.24) is 0 Å². The van der Waals surface area contributed by atoms with E-state index in [9.17, 15) is 5.11 Å². The maximum Gasteiger partial charge on any atom is 0.137 e. The van der Waals surface area contributed by atoms with E-state index in [0.29, 0.717) is 12.6 Å². The first kappa shape index (κ1) is 16.6. The molecule has 4 heteroatoms. The first-order chi connectivity index (χ1) is 9.97. The van der Waals surface area contributed by atoms with Crippen LogP contribution in [0.5, 0.6) is 5.75 Å². The van der Waals surface area contributed by atoms with Crippen LogP contribution in [0, 0.1) is 13.8 Å². The highest BCUT2D eigenvalue weighted by molar-refractivity contribution is 6.32. The molecule has 0 spiro atoms. The first-order valence-electron chi connectivity index (χ1n) is 7.89. The zero-order valence-electron chi connectivity index (χ0n) is 13.3. The Hall–Kier alpha value is -0.770. The van der Waals surface area contributed by atoms with E-state index in [4.69, 9.17) is 16.3 Å². The van der Waals surface area contributed by atoms with E-state index in [2.05, 4.69) is 6.92 Å². The van der Waals surface area contributed by atoms with Crippen LogP contribution in [0.2, 0.25) is 5.02 Å². The van der Waals surface area contributed by atoms with Gasteiger partial charge in [-0.05, 0) is 63.3 Å². The molecule has 0 amide bonds. The van der Waals surface area contributed by atoms with E-state index >= 15 is 0 Å². The highest BCUT2D eigenvalue weighted by Gasteiger charge is 2.24. The lowest BCUT2D eigenvalue weighted by molar-refractivity contribution is -0.931. The number of benzene rings is 1. The van der Waals surface area contributed by atoms with Crippen LogP contribution in [0.25, 0.3) is 0 Å². The lowest BCUT2D eigenvalue weighted by atomic mass is 10.0. The summed E-state index contributed by atoms with van der Waals surface area (Å²) in [4.78, 5) is 1.50. The van der Waals surface area contributed by atoms with Crippen LogP contribution in [-0.2, 0) is 0 Å². The third kappa shape index (κ3) is 4.60. The predicted molar refractivity (Wildman–Crippen MR) is 86.4 cm³/mol. The lowest BCUT2D eigenvalue weighted by Crippen LogP contribution is -3.17. The number of piperidine rings is 1. The SMILES string of the molecule is Cc1cc(OC[C@H](O)C[NH+]2CCCC[C@@H]2C)cc(C)c1Cl. The molecule has 0 aromatic heterocycles. The van der Waals surface area contributed by atoms with E-state index < -0.39 is 6.10 Å². The Morgan fingerprint density at radius 3 is 2.62 bits per heavy atom. The number of aliphatic hydroxyl groups excluding tert-OH is 1. The average Bonchev–Trinajstić information content (AvgIpc) is 2.45. The Morgan fingerprint density at radius 2 is 2.00 bits per heavy atom. The van der Waals surface area contributed by atoms with Gasteiger partial charge in [0, 0.05) is 5.02 Å². The van der Waals surface area contributed by atoms with Gasteiger partial charge >= 0.3 is 0 Å². The predicted octanol–water partition coefficient (Wildman–Crippen LogP) is 2.15. The summed E-state index contributed by atoms with van der Waals surface area (Å²) in [6.07, 6.45) is 3.43. The summed E-state index contributed by atoms with van der Waals surface area (Å²) in [6.45, 7) is 8.49. The van der Waals surface area contributed by atoms with E-state index in [1.807, 2.05) is 26.0 Å². The Labute approximate surface area is 132 Å². The molecule has 21 heavy (non-hydrogen) atoms. The van der Waals surface area contributed by atoms with Crippen molar-refractivity contribution < 1.29 is 14.7 Å². The van der Waals surface area contributed by atoms with Crippen molar-refractivity contribution in [3.8, 4) is 5.75 Å². The largest absolute Gasteiger partial charge is 0.491 e. The normalized spacial score (nSPS) is 23.9. The molecule has 1 aromatic carbocycles. The van der Waals surface area contributed by atoms with Gasteiger partial charge in [-0.25, -0.2) is 0 Å². The van der Waals surface area contributed by atoms with Gasteiger partial charge in [0.1, 0.15) is 25.0 Å². The van der Waals surface area contributed by atoms with Crippen LogP contribution in [0.15, 0.2) is 12.1 Å². The highest BCUT2D eigenvalue weighted by Crippen LogP contribution is 2.25. The van der Waals surface area contributed by atoms with Gasteiger partial charge in [0.15, 0.2) is 0 Å². The van der Waals surface area contributed by atoms with Gasteiger partial charge in [-0.3, -0.25) is 0 Å². The molecule has 1 aliphatic rings. The number of nitrogens with one attached hydrogen (secondary N) is 1. The third-order valence-corrected chi connectivity index (χ3v) is 5.03. The Balaban J connectivity index is 1.85. The molecule has 1 aromatic rings. The highest BCUT2D eigenvalue weighted by atomic mass is 35.5. The zero-order chi connectivity index (χ0) is 15.4. The second kappa shape index (κ2) is 7.48. The van der Waals surface area contributed by atoms with Gasteiger partial charge in [0.2, 0.25) is 0 Å². The van der Waals surface area contributed by atoms with Crippen molar-refractivity contribution in [1.29, 1.82) is 0 Å². The van der Waals surface area contributed by atoms with Gasteiger partial charge < -0.3 is 14.7 Å². The zero-order valence-corrected chi connectivity index (χ0v) is 14.0. The van der Waals surface area contributed by atoms with E-state index in [-0.39, 0.29) is 0 Å². The standard InChI is InChI=1S/C17H26ClNO2/c1-12-8-16(9-13(2)17(12)18)21-11-15(20)10-19-7-5-4-6-14(19)3/h8-9,14-15,20H,4-7,10-11H2,1-3H3/p+1/t14-,15+/m0/s1. The fourth-order valence-corrected chi connectivity index (χ4v) is 3.21. The second-order valence-corrected chi connectivity index (χ2v) is 6.72. The smallest absolute Gasteiger partial charge is 0.137 e. The number of likely N-dealkylation sites (tertiary alicyclic amines) is 1. The van der Waals surface area contributed by atoms with Crippen molar-refractivity contribution in [2.24, 2.45) is 0 Å². The van der Waals surface area contributed by atoms with E-state index in [0.717, 1.165) is 35.0 Å². The van der Waals surface area contributed by atoms with Crippen LogP contribution >= 0.6 is 11.6 Å². The van der Waals surface area contributed by atoms with Crippen molar-refractivity contribution in [3.63, 3.8) is 0 Å². The summed E-state index contributed by atoms with van der Waals surface area (Å²) < 4.78 is 5.74. The molecule has 1 unspecified atom stereocenters. The minimum absolute atomic E-state index is 0.344. The molecule has 0 aliphatic carbocycles. The van der Waals surface area contributed by atoms with E-state index in [1.54, 1.807) is 0 Å². The summed E-state index contributed by atoms with van der Waals surface area (Å²) in [5, 5.41) is 11.0. The number of hydrogen-bond donors (Lipinski definition) is 2. The monoisotopic (exact) mass is 312 g/mol. The van der Waals surface area contributed by atoms with Crippen LogP contribution in [0.4, 0.5) is 0 Å². The average molecular weight is 313 g/mol. The fraction of sp³-hybridized carbons (Fsp3) is 0.647. The van der Waals surface area contributed by atoms with Gasteiger partial charge in [-0.15, -0.1) is 0 Å². The van der Waals surface area contributed by atoms with Crippen LogP contribution in [-0.4, -0.2) is 36.9 Å². The molecule has 0 bridgehead atoms. The topological polar surface area (TPSA) is 33.9 Å². The lowest BCUT2D eigenvalue weighted by Gasteiger charge is -2.31. The Morgan fingerprint density at radius 1 is 1.33 bits per heavy atom. The summed E-state index contributed by atoms with van der Waals surface area (Å²) in [5.41, 5.74) is 2.02. The maximum atomic E-state index is 10.2. The molecule has 2 rings (SSSR count). The number of hydrogen-bond acceptors (Lipinski definition) is 2. The molecule has 1 aliphatic heterocycles. The molecular formula is C17H27ClNO2+. The molecule has 0 saturated carbocycles. The van der Waals surface area contributed by atoms with E-state index in [1.165, 1.54) is 24.2 Å². The fourth-order valence-electron chi connectivity index (χ4n) is 3.10. The van der Waals surface area contributed by atoms with Crippen LogP contribution < -0.4 is 9.64 Å². The molecule has 1 saturated heterocycles. The molecule has 3 atom stereocenters. The number of quaternary nitrogens is 1. The van der Waals surface area contributed by atoms with Gasteiger partial charge in [-0.1, -0.05) is 11.6 Å². The molecule has 1 heterocycles. The van der Waals surface area contributed by atoms with Crippen LogP contribution in [0.3, 0.4) is 0 Å². The molecule has 2 N–H and O–H groups in total.